The number of halogens is 2. The Bertz CT molecular complexity index is 562. The molecule has 4 nitrogen and oxygen atoms in total. The highest BCUT2D eigenvalue weighted by Gasteiger charge is 2.11. The van der Waals surface area contributed by atoms with Crippen LogP contribution in [0.4, 0.5) is 4.39 Å². The fourth-order valence-electron chi connectivity index (χ4n) is 1.39. The first-order valence-corrected chi connectivity index (χ1v) is 5.68. The van der Waals surface area contributed by atoms with Crippen molar-refractivity contribution in [2.24, 2.45) is 0 Å². The van der Waals surface area contributed by atoms with E-state index in [4.69, 9.17) is 26.4 Å². The number of benzene rings is 2. The molecule has 0 amide bonds. The van der Waals surface area contributed by atoms with Crippen LogP contribution in [0.25, 0.3) is 0 Å². The lowest BCUT2D eigenvalue weighted by Crippen LogP contribution is -2.20. The van der Waals surface area contributed by atoms with Crippen molar-refractivity contribution < 1.29 is 23.8 Å². The molecule has 0 unspecified atom stereocenters. The lowest BCUT2D eigenvalue weighted by atomic mass is 10.2. The summed E-state index contributed by atoms with van der Waals surface area (Å²) in [5.41, 5.74) is 0. The Labute approximate surface area is 114 Å². The van der Waals surface area contributed by atoms with E-state index < -0.39 is 13.1 Å². The van der Waals surface area contributed by atoms with Crippen molar-refractivity contribution in [1.82, 2.24) is 0 Å². The highest BCUT2D eigenvalue weighted by Crippen LogP contribution is 2.27. The van der Waals surface area contributed by atoms with Gasteiger partial charge in [-0.3, -0.25) is 0 Å². The van der Waals surface area contributed by atoms with E-state index in [-0.39, 0.29) is 16.5 Å². The van der Waals surface area contributed by atoms with Crippen LogP contribution in [0.1, 0.15) is 0 Å². The van der Waals surface area contributed by atoms with E-state index in [1.165, 1.54) is 36.4 Å². The average molecular weight is 282 g/mol. The molecule has 2 N–H and O–H groups in total. The molecule has 0 saturated heterocycles. The Morgan fingerprint density at radius 3 is 2.21 bits per heavy atom. The van der Waals surface area contributed by atoms with Crippen molar-refractivity contribution in [3.8, 4) is 17.2 Å². The van der Waals surface area contributed by atoms with Gasteiger partial charge < -0.3 is 19.4 Å². The number of hydrogen-bond donors (Lipinski definition) is 2. The summed E-state index contributed by atoms with van der Waals surface area (Å²) in [6.45, 7) is 0. The Hall–Kier alpha value is -1.76. The largest absolute Gasteiger partial charge is 0.707 e. The zero-order chi connectivity index (χ0) is 13.8. The summed E-state index contributed by atoms with van der Waals surface area (Å²) >= 11 is 5.63. The van der Waals surface area contributed by atoms with Crippen molar-refractivity contribution in [3.63, 3.8) is 0 Å². The van der Waals surface area contributed by atoms with Crippen LogP contribution in [0.2, 0.25) is 5.02 Å². The van der Waals surface area contributed by atoms with Gasteiger partial charge in [-0.05, 0) is 42.5 Å². The molecule has 0 bridgehead atoms. The predicted molar refractivity (Wildman–Crippen MR) is 68.7 cm³/mol. The zero-order valence-corrected chi connectivity index (χ0v) is 10.3. The molecule has 0 saturated carbocycles. The van der Waals surface area contributed by atoms with Crippen LogP contribution in [-0.4, -0.2) is 17.4 Å². The van der Waals surface area contributed by atoms with Crippen LogP contribution in [0.3, 0.4) is 0 Å². The lowest BCUT2D eigenvalue weighted by Gasteiger charge is -2.08. The van der Waals surface area contributed by atoms with Gasteiger partial charge in [-0.1, -0.05) is 11.6 Å². The van der Waals surface area contributed by atoms with Gasteiger partial charge in [0.2, 0.25) is 0 Å². The quantitative estimate of drug-likeness (QED) is 0.846. The van der Waals surface area contributed by atoms with Crippen molar-refractivity contribution >= 4 is 18.9 Å². The van der Waals surface area contributed by atoms with E-state index >= 15 is 0 Å². The van der Waals surface area contributed by atoms with E-state index in [1.807, 2.05) is 0 Å². The number of ether oxygens (including phenoxy) is 1. The molecule has 0 aromatic heterocycles. The van der Waals surface area contributed by atoms with Gasteiger partial charge in [-0.25, -0.2) is 4.39 Å². The van der Waals surface area contributed by atoms with E-state index in [0.29, 0.717) is 5.75 Å². The Kier molecular flexibility index (Phi) is 4.26. The summed E-state index contributed by atoms with van der Waals surface area (Å²) < 4.78 is 23.4. The Balaban J connectivity index is 2.10. The highest BCUT2D eigenvalue weighted by molar-refractivity contribution is 6.33. The first kappa shape index (κ1) is 13.7. The van der Waals surface area contributed by atoms with Gasteiger partial charge in [0, 0.05) is 5.02 Å². The van der Waals surface area contributed by atoms with Gasteiger partial charge >= 0.3 is 7.32 Å². The fourth-order valence-corrected chi connectivity index (χ4v) is 1.55. The van der Waals surface area contributed by atoms with Gasteiger partial charge in [0.05, 0.1) is 0 Å². The minimum Gasteiger partial charge on any atom is -0.512 e. The maximum Gasteiger partial charge on any atom is 0.707 e. The van der Waals surface area contributed by atoms with Crippen LogP contribution in [0, 0.1) is 5.82 Å². The second-order valence-electron chi connectivity index (χ2n) is 3.59. The molecule has 0 aliphatic rings. The topological polar surface area (TPSA) is 58.9 Å². The molecule has 0 aliphatic heterocycles. The molecular formula is C12H9BClFO4. The molecule has 0 aliphatic carbocycles. The normalized spacial score (nSPS) is 10.1. The standard InChI is InChI=1S/C12H9BClFO4/c14-8-1-6-12(11(15)7-8)18-9-2-4-10(5-3-9)19-13(16)17/h1-7,16-17H. The minimum atomic E-state index is -1.89. The molecule has 0 fully saturated rings. The molecule has 2 aromatic carbocycles. The monoisotopic (exact) mass is 282 g/mol. The second kappa shape index (κ2) is 5.92. The molecule has 7 heteroatoms. The fraction of sp³-hybridized carbons (Fsp3) is 0. The average Bonchev–Trinajstić information content (AvgIpc) is 2.34. The molecule has 0 heterocycles. The van der Waals surface area contributed by atoms with E-state index in [1.54, 1.807) is 0 Å². The summed E-state index contributed by atoms with van der Waals surface area (Å²) in [4.78, 5) is 0. The van der Waals surface area contributed by atoms with Gasteiger partial charge in [0.25, 0.3) is 0 Å². The van der Waals surface area contributed by atoms with Gasteiger partial charge in [0.1, 0.15) is 11.5 Å². The highest BCUT2D eigenvalue weighted by atomic mass is 35.5. The van der Waals surface area contributed by atoms with Crippen LogP contribution >= 0.6 is 11.6 Å². The van der Waals surface area contributed by atoms with Crippen molar-refractivity contribution in [2.75, 3.05) is 0 Å². The third kappa shape index (κ3) is 3.85. The first-order valence-electron chi connectivity index (χ1n) is 5.30. The van der Waals surface area contributed by atoms with Crippen LogP contribution in [0.5, 0.6) is 17.2 Å². The van der Waals surface area contributed by atoms with Gasteiger partial charge in [0.15, 0.2) is 11.6 Å². The summed E-state index contributed by atoms with van der Waals surface area (Å²) in [7, 11) is -1.89. The Morgan fingerprint density at radius 2 is 1.63 bits per heavy atom. The van der Waals surface area contributed by atoms with E-state index in [9.17, 15) is 4.39 Å². The molecule has 2 rings (SSSR count). The van der Waals surface area contributed by atoms with Crippen molar-refractivity contribution in [1.29, 1.82) is 0 Å². The Morgan fingerprint density at radius 1 is 1.00 bits per heavy atom. The van der Waals surface area contributed by atoms with E-state index in [2.05, 4.69) is 4.65 Å². The molecule has 0 spiro atoms. The summed E-state index contributed by atoms with van der Waals surface area (Å²) in [5.74, 6) is 0.0961. The molecule has 19 heavy (non-hydrogen) atoms. The van der Waals surface area contributed by atoms with Gasteiger partial charge in [-0.2, -0.15) is 0 Å². The SMILES string of the molecule is OB(O)Oc1ccc(Oc2ccc(Cl)cc2F)cc1. The third-order valence-electron chi connectivity index (χ3n) is 2.19. The van der Waals surface area contributed by atoms with Crippen LogP contribution in [-0.2, 0) is 0 Å². The molecule has 0 radical (unpaired) electrons. The van der Waals surface area contributed by atoms with Crippen molar-refractivity contribution in [2.45, 2.75) is 0 Å². The second-order valence-corrected chi connectivity index (χ2v) is 4.03. The van der Waals surface area contributed by atoms with Crippen LogP contribution < -0.4 is 9.39 Å². The molecular weight excluding hydrogens is 273 g/mol. The lowest BCUT2D eigenvalue weighted by molar-refractivity contribution is 0.288. The molecule has 0 atom stereocenters. The molecule has 2 aromatic rings. The maximum atomic E-state index is 13.5. The predicted octanol–water partition coefficient (Wildman–Crippen LogP) is 2.62. The van der Waals surface area contributed by atoms with Crippen molar-refractivity contribution in [3.05, 3.63) is 53.3 Å². The molecule has 98 valence electrons. The minimum absolute atomic E-state index is 0.0419. The summed E-state index contributed by atoms with van der Waals surface area (Å²) in [6, 6.07) is 10.0. The van der Waals surface area contributed by atoms with E-state index in [0.717, 1.165) is 6.07 Å². The number of hydrogen-bond acceptors (Lipinski definition) is 4. The maximum absolute atomic E-state index is 13.5. The summed E-state index contributed by atoms with van der Waals surface area (Å²) in [6.07, 6.45) is 0. The van der Waals surface area contributed by atoms with Crippen LogP contribution in [0.15, 0.2) is 42.5 Å². The first-order chi connectivity index (χ1) is 9.04. The van der Waals surface area contributed by atoms with Gasteiger partial charge in [-0.15, -0.1) is 0 Å². The smallest absolute Gasteiger partial charge is 0.512 e. The summed E-state index contributed by atoms with van der Waals surface area (Å²) in [5, 5.41) is 17.5. The number of rotatable bonds is 4. The third-order valence-corrected chi connectivity index (χ3v) is 2.42. The zero-order valence-electron chi connectivity index (χ0n) is 9.59.